The first kappa shape index (κ1) is 34.0. The molecule has 3 aromatic carbocycles. The average Bonchev–Trinajstić information content (AvgIpc) is 2.94. The lowest BCUT2D eigenvalue weighted by atomic mass is 10.0. The van der Waals surface area contributed by atoms with Gasteiger partial charge in [-0.1, -0.05) is 58.4 Å². The number of nitrogens with one attached hydrogen (secondary N) is 3. The Morgan fingerprint density at radius 1 is 0.600 bits per heavy atom. The second kappa shape index (κ2) is 16.2. The van der Waals surface area contributed by atoms with Crippen molar-refractivity contribution in [3.05, 3.63) is 110 Å². The third-order valence-corrected chi connectivity index (χ3v) is 6.48. The molecule has 0 heterocycles. The summed E-state index contributed by atoms with van der Waals surface area (Å²) < 4.78 is 0.923. The number of rotatable bonds is 5. The van der Waals surface area contributed by atoms with Crippen molar-refractivity contribution in [3.8, 4) is 0 Å². The summed E-state index contributed by atoms with van der Waals surface area (Å²) in [6.45, 7) is 12.9. The van der Waals surface area contributed by atoms with Crippen LogP contribution in [0.1, 0.15) is 77.5 Å². The number of halogens is 1. The van der Waals surface area contributed by atoms with Gasteiger partial charge in [-0.15, -0.1) is 0 Å². The highest BCUT2D eigenvalue weighted by atomic mass is 79.9. The smallest absolute Gasteiger partial charge is 0.251 e. The van der Waals surface area contributed by atoms with Crippen molar-refractivity contribution >= 4 is 45.0 Å². The number of Topliss-reactive ketones (excluding diaryl/α,β-unsaturated/α-hetero) is 1. The molecule has 8 heteroatoms. The van der Waals surface area contributed by atoms with E-state index >= 15 is 0 Å². The Hall–Kier alpha value is -4.04. The Morgan fingerprint density at radius 2 is 0.950 bits per heavy atom. The minimum Gasteiger partial charge on any atom is -0.355 e. The predicted octanol–water partition coefficient (Wildman–Crippen LogP) is 6.06. The van der Waals surface area contributed by atoms with Crippen molar-refractivity contribution in [1.82, 2.24) is 16.0 Å². The SMILES string of the molecule is C=C(C)c1ccc(C)c(C(=O)NC)c1.CNC(=O)c1cc(Br)ccc1C.CNC(=O)c1cc(C(C)=O)ccc1C. The Bertz CT molecular complexity index is 1340. The fourth-order valence-corrected chi connectivity index (χ4v) is 3.82. The lowest BCUT2D eigenvalue weighted by Crippen LogP contribution is -2.19. The topological polar surface area (TPSA) is 104 Å². The van der Waals surface area contributed by atoms with Gasteiger partial charge in [0, 0.05) is 47.9 Å². The Morgan fingerprint density at radius 3 is 1.32 bits per heavy atom. The van der Waals surface area contributed by atoms with Gasteiger partial charge in [-0.05, 0) is 81.1 Å². The minimum absolute atomic E-state index is 0.0323. The molecule has 212 valence electrons. The van der Waals surface area contributed by atoms with E-state index in [1.165, 1.54) is 6.92 Å². The standard InChI is InChI=1S/C12H15NO.C11H13NO2.C9H10BrNO/c1-8(2)10-6-5-9(3)11(7-10)12(14)13-4;1-7-4-5-9(8(2)13)6-10(7)11(14)12-3;1-6-3-4-7(10)5-8(6)9(12)11-2/h5-7H,1H2,2-4H3,(H,13,14);4-6H,1-3H3,(H,12,14);3-5H,1-2H3,(H,11,12). The van der Waals surface area contributed by atoms with Crippen LogP contribution >= 0.6 is 15.9 Å². The Kier molecular flexibility index (Phi) is 13.7. The number of carbonyl (C=O) groups excluding carboxylic acids is 4. The van der Waals surface area contributed by atoms with Crippen molar-refractivity contribution < 1.29 is 19.2 Å². The summed E-state index contributed by atoms with van der Waals surface area (Å²) in [5, 5.41) is 7.75. The lowest BCUT2D eigenvalue weighted by molar-refractivity contribution is 0.0953. The van der Waals surface area contributed by atoms with Gasteiger partial charge >= 0.3 is 0 Å². The second-order valence-corrected chi connectivity index (χ2v) is 10.0. The number of amides is 3. The van der Waals surface area contributed by atoms with Crippen LogP contribution in [0.25, 0.3) is 5.57 Å². The number of hydrogen-bond acceptors (Lipinski definition) is 4. The molecule has 0 radical (unpaired) electrons. The molecule has 0 aliphatic rings. The molecule has 7 nitrogen and oxygen atoms in total. The molecule has 0 saturated carbocycles. The fourth-order valence-electron chi connectivity index (χ4n) is 3.46. The van der Waals surface area contributed by atoms with E-state index in [4.69, 9.17) is 0 Å². The Labute approximate surface area is 245 Å². The van der Waals surface area contributed by atoms with Crippen LogP contribution in [0.5, 0.6) is 0 Å². The molecule has 0 aliphatic heterocycles. The van der Waals surface area contributed by atoms with E-state index in [9.17, 15) is 19.2 Å². The van der Waals surface area contributed by atoms with Crippen molar-refractivity contribution in [1.29, 1.82) is 0 Å². The van der Waals surface area contributed by atoms with Gasteiger partial charge in [-0.25, -0.2) is 0 Å². The molecule has 3 N–H and O–H groups in total. The van der Waals surface area contributed by atoms with Crippen LogP contribution in [-0.4, -0.2) is 44.6 Å². The lowest BCUT2D eigenvalue weighted by Gasteiger charge is -2.07. The van der Waals surface area contributed by atoms with Gasteiger partial charge in [0.15, 0.2) is 5.78 Å². The number of hydrogen-bond donors (Lipinski definition) is 3. The summed E-state index contributed by atoms with van der Waals surface area (Å²) in [5.41, 5.74) is 7.36. The van der Waals surface area contributed by atoms with E-state index in [1.54, 1.807) is 39.3 Å². The maximum absolute atomic E-state index is 11.5. The third kappa shape index (κ3) is 9.93. The number of carbonyl (C=O) groups is 4. The number of benzene rings is 3. The largest absolute Gasteiger partial charge is 0.355 e. The fraction of sp³-hybridized carbons (Fsp3) is 0.250. The highest BCUT2D eigenvalue weighted by Gasteiger charge is 2.10. The summed E-state index contributed by atoms with van der Waals surface area (Å²) >= 11 is 3.31. The first-order valence-electron chi connectivity index (χ1n) is 12.6. The molecule has 0 unspecified atom stereocenters. The first-order valence-corrected chi connectivity index (χ1v) is 13.4. The van der Waals surface area contributed by atoms with E-state index in [2.05, 4.69) is 38.5 Å². The van der Waals surface area contributed by atoms with Crippen molar-refractivity contribution in [3.63, 3.8) is 0 Å². The highest BCUT2D eigenvalue weighted by molar-refractivity contribution is 9.10. The van der Waals surface area contributed by atoms with Crippen LogP contribution in [-0.2, 0) is 0 Å². The molecule has 3 aromatic rings. The van der Waals surface area contributed by atoms with Crippen LogP contribution in [0.15, 0.2) is 65.6 Å². The zero-order valence-electron chi connectivity index (χ0n) is 24.4. The zero-order valence-corrected chi connectivity index (χ0v) is 26.0. The Balaban J connectivity index is 0.000000301. The van der Waals surface area contributed by atoms with Gasteiger partial charge < -0.3 is 16.0 Å². The third-order valence-electron chi connectivity index (χ3n) is 5.99. The second-order valence-electron chi connectivity index (χ2n) is 9.09. The minimum atomic E-state index is -0.161. The number of aryl methyl sites for hydroxylation is 3. The van der Waals surface area contributed by atoms with E-state index in [-0.39, 0.29) is 23.5 Å². The van der Waals surface area contributed by atoms with Crippen LogP contribution in [0.3, 0.4) is 0 Å². The summed E-state index contributed by atoms with van der Waals surface area (Å²) in [6, 6.07) is 16.6. The van der Waals surface area contributed by atoms with Crippen LogP contribution in [0.2, 0.25) is 0 Å². The van der Waals surface area contributed by atoms with Crippen LogP contribution in [0.4, 0.5) is 0 Å². The molecule has 0 spiro atoms. The summed E-state index contributed by atoms with van der Waals surface area (Å²) in [7, 11) is 4.83. The van der Waals surface area contributed by atoms with Crippen molar-refractivity contribution in [2.45, 2.75) is 34.6 Å². The van der Waals surface area contributed by atoms with Crippen LogP contribution in [0, 0.1) is 20.8 Å². The average molecular weight is 609 g/mol. The summed E-state index contributed by atoms with van der Waals surface area (Å²) in [4.78, 5) is 45.2. The summed E-state index contributed by atoms with van der Waals surface area (Å²) in [5.74, 6) is -0.292. The zero-order chi connectivity index (χ0) is 30.6. The monoisotopic (exact) mass is 607 g/mol. The summed E-state index contributed by atoms with van der Waals surface area (Å²) in [6.07, 6.45) is 0. The van der Waals surface area contributed by atoms with E-state index < -0.39 is 0 Å². The van der Waals surface area contributed by atoms with Crippen molar-refractivity contribution in [2.24, 2.45) is 0 Å². The molecule has 0 saturated heterocycles. The van der Waals surface area contributed by atoms with Crippen LogP contribution < -0.4 is 16.0 Å². The molecule has 3 rings (SSSR count). The van der Waals surface area contributed by atoms with Gasteiger partial charge in [-0.3, -0.25) is 19.2 Å². The first-order chi connectivity index (χ1) is 18.8. The van der Waals surface area contributed by atoms with Crippen molar-refractivity contribution in [2.75, 3.05) is 21.1 Å². The van der Waals surface area contributed by atoms with E-state index in [0.717, 1.165) is 32.3 Å². The van der Waals surface area contributed by atoms with Gasteiger partial charge in [-0.2, -0.15) is 0 Å². The molecular formula is C32H38BrN3O4. The molecule has 0 aliphatic carbocycles. The predicted molar refractivity (Wildman–Crippen MR) is 166 cm³/mol. The van der Waals surface area contributed by atoms with Gasteiger partial charge in [0.1, 0.15) is 0 Å². The number of ketones is 1. The normalized spacial score (nSPS) is 9.62. The van der Waals surface area contributed by atoms with E-state index in [1.807, 2.05) is 64.1 Å². The number of allylic oxidation sites excluding steroid dienone is 1. The highest BCUT2D eigenvalue weighted by Crippen LogP contribution is 2.17. The maximum atomic E-state index is 11.5. The molecule has 0 atom stereocenters. The molecule has 3 amide bonds. The molecule has 40 heavy (non-hydrogen) atoms. The van der Waals surface area contributed by atoms with Gasteiger partial charge in [0.2, 0.25) is 0 Å². The molecule has 0 fully saturated rings. The molecule has 0 aromatic heterocycles. The molecule has 0 bridgehead atoms. The quantitative estimate of drug-likeness (QED) is 0.306. The maximum Gasteiger partial charge on any atom is 0.251 e. The van der Waals surface area contributed by atoms with E-state index in [0.29, 0.717) is 22.3 Å². The van der Waals surface area contributed by atoms with Gasteiger partial charge in [0.05, 0.1) is 0 Å². The molecular weight excluding hydrogens is 570 g/mol. The van der Waals surface area contributed by atoms with Gasteiger partial charge in [0.25, 0.3) is 17.7 Å².